The summed E-state index contributed by atoms with van der Waals surface area (Å²) in [6.07, 6.45) is 0. The fourth-order valence-corrected chi connectivity index (χ4v) is 3.61. The van der Waals surface area contributed by atoms with Crippen LogP contribution in [0, 0.1) is 0 Å². The van der Waals surface area contributed by atoms with E-state index in [0.29, 0.717) is 11.3 Å². The van der Waals surface area contributed by atoms with Gasteiger partial charge >= 0.3 is 6.03 Å². The molecule has 0 N–H and O–H groups in total. The molecule has 3 aromatic rings. The van der Waals surface area contributed by atoms with Gasteiger partial charge < -0.3 is 0 Å². The van der Waals surface area contributed by atoms with Gasteiger partial charge in [-0.25, -0.2) is 9.69 Å². The van der Waals surface area contributed by atoms with E-state index in [-0.39, 0.29) is 6.54 Å². The van der Waals surface area contributed by atoms with E-state index in [1.54, 1.807) is 55.5 Å². The van der Waals surface area contributed by atoms with Crippen molar-refractivity contribution in [1.29, 1.82) is 0 Å². The van der Waals surface area contributed by atoms with Crippen LogP contribution in [-0.4, -0.2) is 22.7 Å². The number of barbiturate groups is 1. The third kappa shape index (κ3) is 3.10. The van der Waals surface area contributed by atoms with Crippen LogP contribution < -0.4 is 4.90 Å². The largest absolute Gasteiger partial charge is 0.338 e. The van der Waals surface area contributed by atoms with E-state index in [1.807, 2.05) is 42.5 Å². The average molecular weight is 384 g/mol. The van der Waals surface area contributed by atoms with Gasteiger partial charge in [-0.1, -0.05) is 78.9 Å². The highest BCUT2D eigenvalue weighted by atomic mass is 16.2. The highest BCUT2D eigenvalue weighted by Crippen LogP contribution is 2.36. The molecule has 144 valence electrons. The monoisotopic (exact) mass is 384 g/mol. The topological polar surface area (TPSA) is 57.7 Å². The lowest BCUT2D eigenvalue weighted by molar-refractivity contribution is -0.143. The molecular formula is C24H20N2O3. The van der Waals surface area contributed by atoms with Crippen LogP contribution in [0.25, 0.3) is 0 Å². The Morgan fingerprint density at radius 2 is 1.21 bits per heavy atom. The van der Waals surface area contributed by atoms with Crippen LogP contribution in [0.1, 0.15) is 18.1 Å². The average Bonchev–Trinajstić information content (AvgIpc) is 2.77. The van der Waals surface area contributed by atoms with E-state index in [0.717, 1.165) is 15.4 Å². The van der Waals surface area contributed by atoms with Crippen LogP contribution in [0.5, 0.6) is 0 Å². The molecule has 0 aliphatic carbocycles. The molecule has 0 saturated carbocycles. The molecule has 29 heavy (non-hydrogen) atoms. The standard InChI is InChI=1S/C24H20N2O3/c1-24(19-13-7-3-8-14-19)21(27)25(17-18-11-5-2-6-12-18)23(29)26(22(24)28)20-15-9-4-10-16-20/h2-16H,17H2,1H3. The van der Waals surface area contributed by atoms with E-state index in [1.165, 1.54) is 0 Å². The molecular weight excluding hydrogens is 364 g/mol. The van der Waals surface area contributed by atoms with Crippen molar-refractivity contribution >= 4 is 23.5 Å². The third-order valence-corrected chi connectivity index (χ3v) is 5.27. The number of para-hydroxylation sites is 1. The fourth-order valence-electron chi connectivity index (χ4n) is 3.61. The Hall–Kier alpha value is -3.73. The molecule has 0 aromatic heterocycles. The number of benzene rings is 3. The van der Waals surface area contributed by atoms with Crippen molar-refractivity contribution in [2.45, 2.75) is 18.9 Å². The normalized spacial score (nSPS) is 19.6. The second-order valence-electron chi connectivity index (χ2n) is 7.13. The molecule has 5 heteroatoms. The zero-order valence-corrected chi connectivity index (χ0v) is 16.0. The Bertz CT molecular complexity index is 1050. The molecule has 1 saturated heterocycles. The first kappa shape index (κ1) is 18.6. The Balaban J connectivity index is 1.85. The second kappa shape index (κ2) is 7.36. The third-order valence-electron chi connectivity index (χ3n) is 5.27. The van der Waals surface area contributed by atoms with E-state index < -0.39 is 23.3 Å². The zero-order chi connectivity index (χ0) is 20.4. The molecule has 1 unspecified atom stereocenters. The second-order valence-corrected chi connectivity index (χ2v) is 7.13. The maximum Gasteiger partial charge on any atom is 0.338 e. The van der Waals surface area contributed by atoms with Crippen molar-refractivity contribution in [3.05, 3.63) is 102 Å². The number of anilines is 1. The summed E-state index contributed by atoms with van der Waals surface area (Å²) in [4.78, 5) is 42.6. The van der Waals surface area contributed by atoms with Crippen molar-refractivity contribution in [2.24, 2.45) is 0 Å². The van der Waals surface area contributed by atoms with Crippen LogP contribution in [-0.2, 0) is 21.5 Å². The lowest BCUT2D eigenvalue weighted by Gasteiger charge is -2.42. The molecule has 1 fully saturated rings. The number of imide groups is 2. The molecule has 1 heterocycles. The van der Waals surface area contributed by atoms with Gasteiger partial charge in [0.2, 0.25) is 0 Å². The molecule has 0 radical (unpaired) electrons. The number of rotatable bonds is 4. The molecule has 0 bridgehead atoms. The SMILES string of the molecule is CC1(c2ccccc2)C(=O)N(Cc2ccccc2)C(=O)N(c2ccccc2)C1=O. The minimum Gasteiger partial charge on any atom is -0.273 e. The molecule has 1 aliphatic rings. The number of carbonyl (C=O) groups is 3. The highest BCUT2D eigenvalue weighted by Gasteiger charge is 2.55. The van der Waals surface area contributed by atoms with Gasteiger partial charge in [-0.05, 0) is 30.2 Å². The Morgan fingerprint density at radius 1 is 0.690 bits per heavy atom. The van der Waals surface area contributed by atoms with Crippen molar-refractivity contribution < 1.29 is 14.4 Å². The molecule has 3 aromatic carbocycles. The Labute approximate surface area is 169 Å². The first-order valence-corrected chi connectivity index (χ1v) is 9.38. The van der Waals surface area contributed by atoms with Gasteiger partial charge in [0.05, 0.1) is 12.2 Å². The van der Waals surface area contributed by atoms with E-state index in [9.17, 15) is 14.4 Å². The van der Waals surface area contributed by atoms with Crippen LogP contribution in [0.2, 0.25) is 0 Å². The predicted octanol–water partition coefficient (Wildman–Crippen LogP) is 4.14. The molecule has 0 spiro atoms. The van der Waals surface area contributed by atoms with Gasteiger partial charge in [0.1, 0.15) is 0 Å². The Morgan fingerprint density at radius 3 is 1.79 bits per heavy atom. The van der Waals surface area contributed by atoms with E-state index in [4.69, 9.17) is 0 Å². The lowest BCUT2D eigenvalue weighted by Crippen LogP contribution is -2.66. The summed E-state index contributed by atoms with van der Waals surface area (Å²) in [7, 11) is 0. The van der Waals surface area contributed by atoms with Gasteiger partial charge in [0.25, 0.3) is 11.8 Å². The number of amides is 4. The van der Waals surface area contributed by atoms with Crippen LogP contribution in [0.15, 0.2) is 91.0 Å². The Kier molecular flexibility index (Phi) is 4.72. The highest BCUT2D eigenvalue weighted by molar-refractivity contribution is 6.32. The summed E-state index contributed by atoms with van der Waals surface area (Å²) >= 11 is 0. The van der Waals surface area contributed by atoms with Crippen LogP contribution in [0.4, 0.5) is 10.5 Å². The van der Waals surface area contributed by atoms with Crippen molar-refractivity contribution in [3.63, 3.8) is 0 Å². The molecule has 1 aliphatic heterocycles. The molecule has 5 nitrogen and oxygen atoms in total. The van der Waals surface area contributed by atoms with E-state index in [2.05, 4.69) is 0 Å². The summed E-state index contributed by atoms with van der Waals surface area (Å²) in [5, 5.41) is 0. The minimum atomic E-state index is -1.50. The van der Waals surface area contributed by atoms with Crippen molar-refractivity contribution in [3.8, 4) is 0 Å². The van der Waals surface area contributed by atoms with Gasteiger partial charge in [-0.2, -0.15) is 0 Å². The first-order chi connectivity index (χ1) is 14.0. The predicted molar refractivity (Wildman–Crippen MR) is 110 cm³/mol. The van der Waals surface area contributed by atoms with E-state index >= 15 is 0 Å². The minimum absolute atomic E-state index is 0.0948. The van der Waals surface area contributed by atoms with Gasteiger partial charge in [-0.15, -0.1) is 0 Å². The zero-order valence-electron chi connectivity index (χ0n) is 16.0. The van der Waals surface area contributed by atoms with Gasteiger partial charge in [-0.3, -0.25) is 14.5 Å². The quantitative estimate of drug-likeness (QED) is 0.635. The smallest absolute Gasteiger partial charge is 0.273 e. The number of hydrogen-bond donors (Lipinski definition) is 0. The fraction of sp³-hybridized carbons (Fsp3) is 0.125. The summed E-state index contributed by atoms with van der Waals surface area (Å²) in [5.74, 6) is -1.07. The number of urea groups is 1. The number of carbonyl (C=O) groups excluding carboxylic acids is 3. The number of hydrogen-bond acceptors (Lipinski definition) is 3. The first-order valence-electron chi connectivity index (χ1n) is 9.38. The maximum atomic E-state index is 13.5. The number of nitrogens with zero attached hydrogens (tertiary/aromatic N) is 2. The summed E-state index contributed by atoms with van der Waals surface area (Å²) in [6.45, 7) is 1.69. The van der Waals surface area contributed by atoms with Crippen LogP contribution >= 0.6 is 0 Å². The van der Waals surface area contributed by atoms with Crippen molar-refractivity contribution in [2.75, 3.05) is 4.90 Å². The maximum absolute atomic E-state index is 13.5. The molecule has 4 rings (SSSR count). The summed E-state index contributed by atoms with van der Waals surface area (Å²) in [6, 6.07) is 26.2. The van der Waals surface area contributed by atoms with Crippen molar-refractivity contribution in [1.82, 2.24) is 4.90 Å². The van der Waals surface area contributed by atoms with Gasteiger partial charge in [0, 0.05) is 0 Å². The lowest BCUT2D eigenvalue weighted by atomic mass is 9.78. The van der Waals surface area contributed by atoms with Crippen LogP contribution in [0.3, 0.4) is 0 Å². The summed E-state index contributed by atoms with van der Waals surface area (Å²) < 4.78 is 0. The summed E-state index contributed by atoms with van der Waals surface area (Å²) in [5.41, 5.74) is 0.309. The molecule has 4 amide bonds. The molecule has 1 atom stereocenters. The van der Waals surface area contributed by atoms with Gasteiger partial charge in [0.15, 0.2) is 5.41 Å².